The number of carbonyl (C=O) groups is 1. The van der Waals surface area contributed by atoms with Gasteiger partial charge in [0.05, 0.1) is 9.21 Å². The maximum atomic E-state index is 11.6. The van der Waals surface area contributed by atoms with Gasteiger partial charge in [-0.3, -0.25) is 4.79 Å². The van der Waals surface area contributed by atoms with Crippen molar-refractivity contribution in [3.05, 3.63) is 21.3 Å². The Morgan fingerprint density at radius 3 is 2.88 bits per heavy atom. The molecule has 0 spiro atoms. The van der Waals surface area contributed by atoms with Crippen molar-refractivity contribution < 1.29 is 4.79 Å². The summed E-state index contributed by atoms with van der Waals surface area (Å²) in [6.45, 7) is 1.70. The number of carbonyl (C=O) groups excluding carboxylic acids is 1. The molecule has 0 radical (unpaired) electrons. The largest absolute Gasteiger partial charge is 0.351 e. The van der Waals surface area contributed by atoms with Gasteiger partial charge in [0.1, 0.15) is 0 Å². The van der Waals surface area contributed by atoms with Crippen LogP contribution in [0.3, 0.4) is 0 Å². The highest BCUT2D eigenvalue weighted by Crippen LogP contribution is 2.21. The van der Waals surface area contributed by atoms with E-state index in [2.05, 4.69) is 10.6 Å². The zero-order chi connectivity index (χ0) is 11.4. The van der Waals surface area contributed by atoms with E-state index in [-0.39, 0.29) is 5.91 Å². The minimum absolute atomic E-state index is 0.0247. The maximum absolute atomic E-state index is 11.6. The Hall–Kier alpha value is -0.580. The maximum Gasteiger partial charge on any atom is 0.261 e. The molecule has 1 amide bonds. The van der Waals surface area contributed by atoms with Crippen LogP contribution in [0.5, 0.6) is 0 Å². The van der Waals surface area contributed by atoms with E-state index in [1.165, 1.54) is 24.2 Å². The second-order valence-corrected chi connectivity index (χ2v) is 5.66. The molecule has 3 nitrogen and oxygen atoms in total. The molecule has 0 atom stereocenters. The van der Waals surface area contributed by atoms with Crippen molar-refractivity contribution in [2.24, 2.45) is 0 Å². The van der Waals surface area contributed by atoms with E-state index in [1.807, 2.05) is 0 Å². The highest BCUT2D eigenvalue weighted by atomic mass is 35.5. The van der Waals surface area contributed by atoms with Crippen LogP contribution < -0.4 is 10.6 Å². The third kappa shape index (κ3) is 3.77. The van der Waals surface area contributed by atoms with E-state index in [0.29, 0.717) is 15.8 Å². The first kappa shape index (κ1) is 11.9. The monoisotopic (exact) mass is 258 g/mol. The molecule has 16 heavy (non-hydrogen) atoms. The fraction of sp³-hybridized carbons (Fsp3) is 0.545. The summed E-state index contributed by atoms with van der Waals surface area (Å²) in [6.07, 6.45) is 3.58. The van der Waals surface area contributed by atoms with Crippen LogP contribution in [0.2, 0.25) is 4.34 Å². The quantitative estimate of drug-likeness (QED) is 0.769. The zero-order valence-corrected chi connectivity index (χ0v) is 10.5. The van der Waals surface area contributed by atoms with Crippen molar-refractivity contribution in [2.75, 3.05) is 13.1 Å². The van der Waals surface area contributed by atoms with E-state index < -0.39 is 0 Å². The van der Waals surface area contributed by atoms with Crippen LogP contribution >= 0.6 is 22.9 Å². The topological polar surface area (TPSA) is 41.1 Å². The van der Waals surface area contributed by atoms with Crippen LogP contribution in [-0.2, 0) is 0 Å². The van der Waals surface area contributed by atoms with E-state index >= 15 is 0 Å². The van der Waals surface area contributed by atoms with Crippen LogP contribution in [0.15, 0.2) is 12.1 Å². The van der Waals surface area contributed by atoms with Crippen LogP contribution in [0, 0.1) is 0 Å². The highest BCUT2D eigenvalue weighted by molar-refractivity contribution is 7.17. The van der Waals surface area contributed by atoms with Crippen LogP contribution in [0.1, 0.15) is 28.9 Å². The molecule has 0 unspecified atom stereocenters. The van der Waals surface area contributed by atoms with E-state index in [9.17, 15) is 4.79 Å². The number of hydrogen-bond donors (Lipinski definition) is 2. The molecule has 2 N–H and O–H groups in total. The summed E-state index contributed by atoms with van der Waals surface area (Å²) in [5.41, 5.74) is 0. The predicted molar refractivity (Wildman–Crippen MR) is 67.3 cm³/mol. The van der Waals surface area contributed by atoms with Gasteiger partial charge in [0.25, 0.3) is 5.91 Å². The Morgan fingerprint density at radius 2 is 2.25 bits per heavy atom. The third-order valence-electron chi connectivity index (χ3n) is 2.45. The SMILES string of the molecule is O=C(NCCCNC1CC1)c1ccc(Cl)s1. The van der Waals surface area contributed by atoms with Crippen molar-refractivity contribution in [1.82, 2.24) is 10.6 Å². The third-order valence-corrected chi connectivity index (χ3v) is 3.68. The molecule has 0 saturated heterocycles. The van der Waals surface area contributed by atoms with Gasteiger partial charge in [0, 0.05) is 12.6 Å². The van der Waals surface area contributed by atoms with Crippen molar-refractivity contribution in [2.45, 2.75) is 25.3 Å². The van der Waals surface area contributed by atoms with Gasteiger partial charge in [-0.1, -0.05) is 11.6 Å². The fourth-order valence-corrected chi connectivity index (χ4v) is 2.37. The number of halogens is 1. The van der Waals surface area contributed by atoms with Gasteiger partial charge in [-0.15, -0.1) is 11.3 Å². The Morgan fingerprint density at radius 1 is 1.44 bits per heavy atom. The molecule has 1 aromatic heterocycles. The highest BCUT2D eigenvalue weighted by Gasteiger charge is 2.19. The number of rotatable bonds is 6. The van der Waals surface area contributed by atoms with Crippen molar-refractivity contribution >= 4 is 28.8 Å². The van der Waals surface area contributed by atoms with Crippen molar-refractivity contribution in [3.63, 3.8) is 0 Å². The average molecular weight is 259 g/mol. The Balaban J connectivity index is 1.59. The van der Waals surface area contributed by atoms with Crippen LogP contribution in [0.4, 0.5) is 0 Å². The van der Waals surface area contributed by atoms with Crippen molar-refractivity contribution in [3.8, 4) is 0 Å². The van der Waals surface area contributed by atoms with Gasteiger partial charge in [-0.05, 0) is 37.9 Å². The second-order valence-electron chi connectivity index (χ2n) is 3.94. The molecule has 0 aromatic carbocycles. The molecule has 1 heterocycles. The molecule has 5 heteroatoms. The molecule has 1 saturated carbocycles. The molecule has 1 aliphatic rings. The smallest absolute Gasteiger partial charge is 0.261 e. The van der Waals surface area contributed by atoms with Gasteiger partial charge < -0.3 is 10.6 Å². The first-order chi connectivity index (χ1) is 7.75. The fourth-order valence-electron chi connectivity index (χ4n) is 1.41. The van der Waals surface area contributed by atoms with E-state index in [0.717, 1.165) is 19.0 Å². The number of hydrogen-bond acceptors (Lipinski definition) is 3. The normalized spacial score (nSPS) is 15.1. The van der Waals surface area contributed by atoms with Crippen molar-refractivity contribution in [1.29, 1.82) is 0 Å². The number of amides is 1. The first-order valence-corrected chi connectivity index (χ1v) is 6.72. The molecule has 88 valence electrons. The van der Waals surface area contributed by atoms with Gasteiger partial charge in [-0.2, -0.15) is 0 Å². The lowest BCUT2D eigenvalue weighted by Gasteiger charge is -2.04. The molecule has 1 aromatic rings. The predicted octanol–water partition coefficient (Wildman–Crippen LogP) is 2.27. The molecular formula is C11H15ClN2OS. The summed E-state index contributed by atoms with van der Waals surface area (Å²) >= 11 is 7.07. The van der Waals surface area contributed by atoms with Gasteiger partial charge in [0.15, 0.2) is 0 Å². The lowest BCUT2D eigenvalue weighted by molar-refractivity contribution is 0.0957. The first-order valence-electron chi connectivity index (χ1n) is 5.52. The minimum Gasteiger partial charge on any atom is -0.351 e. The average Bonchev–Trinajstić information content (AvgIpc) is 2.99. The van der Waals surface area contributed by atoms with Gasteiger partial charge >= 0.3 is 0 Å². The van der Waals surface area contributed by atoms with Crippen LogP contribution in [0.25, 0.3) is 0 Å². The Kier molecular flexibility index (Phi) is 4.21. The van der Waals surface area contributed by atoms with E-state index in [1.54, 1.807) is 12.1 Å². The van der Waals surface area contributed by atoms with E-state index in [4.69, 9.17) is 11.6 Å². The zero-order valence-electron chi connectivity index (χ0n) is 8.96. The van der Waals surface area contributed by atoms with Crippen LogP contribution in [-0.4, -0.2) is 25.0 Å². The standard InChI is InChI=1S/C11H15ClN2OS/c12-10-5-4-9(16-10)11(15)14-7-1-6-13-8-2-3-8/h4-5,8,13H,1-3,6-7H2,(H,14,15). The summed E-state index contributed by atoms with van der Waals surface area (Å²) in [5, 5.41) is 6.28. The number of nitrogens with one attached hydrogen (secondary N) is 2. The second kappa shape index (κ2) is 5.66. The van der Waals surface area contributed by atoms with Gasteiger partial charge in [0.2, 0.25) is 0 Å². The lowest BCUT2D eigenvalue weighted by atomic mass is 10.4. The lowest BCUT2D eigenvalue weighted by Crippen LogP contribution is -2.27. The summed E-state index contributed by atoms with van der Waals surface area (Å²) < 4.78 is 0.653. The Labute approximate surface area is 104 Å². The summed E-state index contributed by atoms with van der Waals surface area (Å²) in [5.74, 6) is -0.0247. The molecular weight excluding hydrogens is 244 g/mol. The summed E-state index contributed by atoms with van der Waals surface area (Å²) in [6, 6.07) is 4.24. The summed E-state index contributed by atoms with van der Waals surface area (Å²) in [4.78, 5) is 12.3. The molecule has 2 rings (SSSR count). The summed E-state index contributed by atoms with van der Waals surface area (Å²) in [7, 11) is 0. The molecule has 0 bridgehead atoms. The Bertz CT molecular complexity index is 363. The van der Waals surface area contributed by atoms with Gasteiger partial charge in [-0.25, -0.2) is 0 Å². The minimum atomic E-state index is -0.0247. The number of thiophene rings is 1. The molecule has 0 aliphatic heterocycles. The molecule has 1 aliphatic carbocycles. The molecule has 1 fully saturated rings.